The molecule has 6 heteroatoms. The maximum Gasteiger partial charge on any atom is 0.320 e. The van der Waals surface area contributed by atoms with Gasteiger partial charge in [0, 0.05) is 31.9 Å². The van der Waals surface area contributed by atoms with Gasteiger partial charge in [0.25, 0.3) is 0 Å². The Balaban J connectivity index is 2.48. The Morgan fingerprint density at radius 3 is 2.76 bits per heavy atom. The molecule has 1 fully saturated rings. The Kier molecular flexibility index (Phi) is 6.18. The van der Waals surface area contributed by atoms with Crippen molar-refractivity contribution in [1.29, 1.82) is 0 Å². The summed E-state index contributed by atoms with van der Waals surface area (Å²) in [7, 11) is 0. The molecule has 1 heterocycles. The smallest absolute Gasteiger partial charge is 0.320 e. The predicted octanol–water partition coefficient (Wildman–Crippen LogP) is 1.34. The highest BCUT2D eigenvalue weighted by Crippen LogP contribution is 2.12. The number of nitrogens with zero attached hydrogens (tertiary/aromatic N) is 2. The van der Waals surface area contributed by atoms with Crippen LogP contribution in [-0.2, 0) is 4.79 Å². The number of hydrogen-bond acceptors (Lipinski definition) is 3. The van der Waals surface area contributed by atoms with Gasteiger partial charge < -0.3 is 14.9 Å². The summed E-state index contributed by atoms with van der Waals surface area (Å²) in [6.45, 7) is 4.30. The molecule has 0 unspecified atom stereocenters. The second kappa shape index (κ2) is 7.42. The van der Waals surface area contributed by atoms with Crippen LogP contribution in [0.25, 0.3) is 0 Å². The van der Waals surface area contributed by atoms with Crippen LogP contribution in [0.4, 0.5) is 4.79 Å². The summed E-state index contributed by atoms with van der Waals surface area (Å²) in [5.74, 6) is 1.22. The summed E-state index contributed by atoms with van der Waals surface area (Å²) < 4.78 is 0. The Labute approximate surface area is 106 Å². The van der Waals surface area contributed by atoms with Crippen LogP contribution in [0.1, 0.15) is 19.8 Å². The minimum atomic E-state index is -0.859. The quantitative estimate of drug-likeness (QED) is 0.828. The van der Waals surface area contributed by atoms with Crippen molar-refractivity contribution in [2.75, 3.05) is 37.7 Å². The fraction of sp³-hybridized carbons (Fsp3) is 0.818. The van der Waals surface area contributed by atoms with E-state index in [4.69, 9.17) is 5.11 Å². The van der Waals surface area contributed by atoms with Gasteiger partial charge in [-0.15, -0.1) is 0 Å². The maximum absolute atomic E-state index is 12.1. The van der Waals surface area contributed by atoms with Crippen molar-refractivity contribution in [2.24, 2.45) is 0 Å². The van der Waals surface area contributed by atoms with Crippen LogP contribution in [-0.4, -0.2) is 64.6 Å². The van der Waals surface area contributed by atoms with Gasteiger partial charge in [0.05, 0.1) is 6.42 Å². The number of rotatable bonds is 4. The molecular formula is C11H20N2O3S. The van der Waals surface area contributed by atoms with Crippen LogP contribution in [0, 0.1) is 0 Å². The van der Waals surface area contributed by atoms with Gasteiger partial charge in [-0.2, -0.15) is 11.8 Å². The van der Waals surface area contributed by atoms with Crippen LogP contribution in [0.5, 0.6) is 0 Å². The summed E-state index contributed by atoms with van der Waals surface area (Å²) in [5.41, 5.74) is 0. The normalized spacial score (nSPS) is 16.4. The van der Waals surface area contributed by atoms with Crippen LogP contribution in [0.2, 0.25) is 0 Å². The molecule has 1 aliphatic heterocycles. The largest absolute Gasteiger partial charge is 0.481 e. The van der Waals surface area contributed by atoms with Crippen molar-refractivity contribution in [3.05, 3.63) is 0 Å². The molecule has 0 aliphatic carbocycles. The van der Waals surface area contributed by atoms with Gasteiger partial charge in [0.2, 0.25) is 0 Å². The third kappa shape index (κ3) is 4.85. The number of urea groups is 1. The van der Waals surface area contributed by atoms with Crippen molar-refractivity contribution in [3.8, 4) is 0 Å². The van der Waals surface area contributed by atoms with E-state index < -0.39 is 5.97 Å². The van der Waals surface area contributed by atoms with Crippen LogP contribution >= 0.6 is 11.8 Å². The van der Waals surface area contributed by atoms with Gasteiger partial charge in [0.1, 0.15) is 0 Å². The van der Waals surface area contributed by atoms with E-state index in [0.29, 0.717) is 13.1 Å². The molecule has 1 rings (SSSR count). The van der Waals surface area contributed by atoms with E-state index in [1.165, 1.54) is 0 Å². The van der Waals surface area contributed by atoms with Crippen LogP contribution in [0.3, 0.4) is 0 Å². The first kappa shape index (κ1) is 14.2. The van der Waals surface area contributed by atoms with Gasteiger partial charge in [-0.25, -0.2) is 4.79 Å². The van der Waals surface area contributed by atoms with Gasteiger partial charge in [-0.1, -0.05) is 0 Å². The van der Waals surface area contributed by atoms with Crippen LogP contribution in [0.15, 0.2) is 0 Å². The maximum atomic E-state index is 12.1. The highest BCUT2D eigenvalue weighted by Gasteiger charge is 2.21. The van der Waals surface area contributed by atoms with Crippen molar-refractivity contribution in [1.82, 2.24) is 9.80 Å². The fourth-order valence-electron chi connectivity index (χ4n) is 1.76. The SMILES string of the molecule is CCN(CCC(=O)O)C(=O)N1CCCSCC1. The lowest BCUT2D eigenvalue weighted by Crippen LogP contribution is -2.44. The molecular weight excluding hydrogens is 240 g/mol. The second-order valence-electron chi connectivity index (χ2n) is 3.96. The Morgan fingerprint density at radius 1 is 1.35 bits per heavy atom. The van der Waals surface area contributed by atoms with E-state index in [1.54, 1.807) is 4.90 Å². The molecule has 0 bridgehead atoms. The number of amides is 2. The Bertz CT molecular complexity index is 265. The number of aliphatic carboxylic acids is 1. The monoisotopic (exact) mass is 260 g/mol. The number of thioether (sulfide) groups is 1. The number of carbonyl (C=O) groups excluding carboxylic acids is 1. The third-order valence-corrected chi connectivity index (χ3v) is 3.79. The zero-order chi connectivity index (χ0) is 12.7. The van der Waals surface area contributed by atoms with E-state index in [9.17, 15) is 9.59 Å². The van der Waals surface area contributed by atoms with Crippen molar-refractivity contribution >= 4 is 23.8 Å². The lowest BCUT2D eigenvalue weighted by atomic mass is 10.3. The first-order chi connectivity index (χ1) is 8.15. The van der Waals surface area contributed by atoms with E-state index in [0.717, 1.165) is 31.0 Å². The van der Waals surface area contributed by atoms with Gasteiger partial charge >= 0.3 is 12.0 Å². The summed E-state index contributed by atoms with van der Waals surface area (Å²) in [4.78, 5) is 26.1. The topological polar surface area (TPSA) is 60.9 Å². The average Bonchev–Trinajstić information content (AvgIpc) is 2.57. The molecule has 5 nitrogen and oxygen atoms in total. The molecule has 1 N–H and O–H groups in total. The third-order valence-electron chi connectivity index (χ3n) is 2.74. The van der Waals surface area contributed by atoms with E-state index in [2.05, 4.69) is 0 Å². The van der Waals surface area contributed by atoms with Crippen molar-refractivity contribution in [3.63, 3.8) is 0 Å². The Morgan fingerprint density at radius 2 is 2.12 bits per heavy atom. The zero-order valence-electron chi connectivity index (χ0n) is 10.2. The fourth-order valence-corrected chi connectivity index (χ4v) is 2.64. The first-order valence-electron chi connectivity index (χ1n) is 5.98. The molecule has 0 saturated carbocycles. The van der Waals surface area contributed by atoms with E-state index >= 15 is 0 Å². The minimum Gasteiger partial charge on any atom is -0.481 e. The molecule has 0 spiro atoms. The zero-order valence-corrected chi connectivity index (χ0v) is 11.0. The molecule has 17 heavy (non-hydrogen) atoms. The highest BCUT2D eigenvalue weighted by atomic mass is 32.2. The number of hydrogen-bond donors (Lipinski definition) is 1. The molecule has 98 valence electrons. The first-order valence-corrected chi connectivity index (χ1v) is 7.14. The summed E-state index contributed by atoms with van der Waals surface area (Å²) in [5, 5.41) is 8.64. The average molecular weight is 260 g/mol. The summed E-state index contributed by atoms with van der Waals surface area (Å²) in [6.07, 6.45) is 1.04. The summed E-state index contributed by atoms with van der Waals surface area (Å²) >= 11 is 1.87. The summed E-state index contributed by atoms with van der Waals surface area (Å²) in [6, 6.07) is -0.0174. The molecule has 0 radical (unpaired) electrons. The van der Waals surface area contributed by atoms with Gasteiger partial charge in [0.15, 0.2) is 0 Å². The standard InChI is InChI=1S/C11H20N2O3S/c1-2-12(6-4-10(14)15)11(16)13-5-3-8-17-9-7-13/h2-9H2,1H3,(H,14,15). The van der Waals surface area contributed by atoms with Gasteiger partial charge in [-0.05, 0) is 19.1 Å². The molecule has 0 aromatic carbocycles. The van der Waals surface area contributed by atoms with E-state index in [-0.39, 0.29) is 12.5 Å². The number of carboxylic acids is 1. The van der Waals surface area contributed by atoms with Crippen molar-refractivity contribution in [2.45, 2.75) is 19.8 Å². The lowest BCUT2D eigenvalue weighted by Gasteiger charge is -2.28. The molecule has 0 aromatic heterocycles. The molecule has 0 aromatic rings. The highest BCUT2D eigenvalue weighted by molar-refractivity contribution is 7.99. The van der Waals surface area contributed by atoms with Crippen molar-refractivity contribution < 1.29 is 14.7 Å². The second-order valence-corrected chi connectivity index (χ2v) is 5.18. The molecule has 2 amide bonds. The van der Waals surface area contributed by atoms with E-state index in [1.807, 2.05) is 23.6 Å². The number of carbonyl (C=O) groups is 2. The van der Waals surface area contributed by atoms with Crippen LogP contribution < -0.4 is 0 Å². The Hall–Kier alpha value is -0.910. The number of carboxylic acid groups (broad SMARTS) is 1. The van der Waals surface area contributed by atoms with Gasteiger partial charge in [-0.3, -0.25) is 4.79 Å². The lowest BCUT2D eigenvalue weighted by molar-refractivity contribution is -0.137. The molecule has 1 saturated heterocycles. The molecule has 1 aliphatic rings. The predicted molar refractivity (Wildman–Crippen MR) is 68.4 cm³/mol. The molecule has 0 atom stereocenters. The minimum absolute atomic E-state index is 0.0160.